The third-order valence-electron chi connectivity index (χ3n) is 4.13. The average molecular weight is 387 g/mol. The van der Waals surface area contributed by atoms with Gasteiger partial charge in [0.2, 0.25) is 0 Å². The van der Waals surface area contributed by atoms with E-state index in [1.165, 1.54) is 34.1 Å². The standard InChI is InChI=1S/C19H12ClFN2O2S/c20-13-6-2-1-5-12(13)11-22-16-9-10-26-17(16)18(24)23(19(22)25)15-8-4-3-7-14(15)21/h1-10H,11H2. The fourth-order valence-electron chi connectivity index (χ4n) is 2.88. The Bertz CT molecular complexity index is 1240. The van der Waals surface area contributed by atoms with E-state index in [0.29, 0.717) is 15.2 Å². The van der Waals surface area contributed by atoms with Crippen molar-refractivity contribution in [1.82, 2.24) is 9.13 Å². The number of thiophene rings is 1. The first-order valence-corrected chi connectivity index (χ1v) is 9.05. The number of halogens is 2. The zero-order valence-corrected chi connectivity index (χ0v) is 14.9. The summed E-state index contributed by atoms with van der Waals surface area (Å²) in [7, 11) is 0. The molecule has 2 heterocycles. The largest absolute Gasteiger partial charge is 0.336 e. The molecule has 0 amide bonds. The number of hydrogen-bond acceptors (Lipinski definition) is 3. The minimum absolute atomic E-state index is 0.0642. The molecule has 0 N–H and O–H groups in total. The van der Waals surface area contributed by atoms with E-state index in [4.69, 9.17) is 11.6 Å². The van der Waals surface area contributed by atoms with Crippen LogP contribution in [0.3, 0.4) is 0 Å². The fraction of sp³-hybridized carbons (Fsp3) is 0.0526. The van der Waals surface area contributed by atoms with Crippen molar-refractivity contribution < 1.29 is 4.39 Å². The summed E-state index contributed by atoms with van der Waals surface area (Å²) in [6.07, 6.45) is 0. The third-order valence-corrected chi connectivity index (χ3v) is 5.39. The van der Waals surface area contributed by atoms with E-state index in [1.54, 1.807) is 29.6 Å². The van der Waals surface area contributed by atoms with Crippen molar-refractivity contribution in [2.45, 2.75) is 6.54 Å². The molecule has 4 nitrogen and oxygen atoms in total. The second kappa shape index (κ2) is 6.55. The molecule has 0 aliphatic heterocycles. The van der Waals surface area contributed by atoms with E-state index < -0.39 is 17.1 Å². The number of hydrogen-bond donors (Lipinski definition) is 0. The molecule has 0 fully saturated rings. The van der Waals surface area contributed by atoms with Gasteiger partial charge < -0.3 is 0 Å². The van der Waals surface area contributed by atoms with Crippen molar-refractivity contribution in [3.8, 4) is 5.69 Å². The first-order valence-electron chi connectivity index (χ1n) is 7.79. The van der Waals surface area contributed by atoms with Crippen LogP contribution in [0.15, 0.2) is 69.6 Å². The summed E-state index contributed by atoms with van der Waals surface area (Å²) < 4.78 is 17.0. The van der Waals surface area contributed by atoms with Crippen molar-refractivity contribution >= 4 is 33.2 Å². The summed E-state index contributed by atoms with van der Waals surface area (Å²) in [5.41, 5.74) is 0.0529. The third kappa shape index (κ3) is 2.67. The monoisotopic (exact) mass is 386 g/mol. The molecule has 130 valence electrons. The topological polar surface area (TPSA) is 44.0 Å². The maximum Gasteiger partial charge on any atom is 0.336 e. The highest BCUT2D eigenvalue weighted by Gasteiger charge is 2.18. The Morgan fingerprint density at radius 3 is 2.50 bits per heavy atom. The van der Waals surface area contributed by atoms with Gasteiger partial charge in [0.05, 0.1) is 17.7 Å². The minimum Gasteiger partial charge on any atom is -0.288 e. The zero-order chi connectivity index (χ0) is 18.3. The molecule has 0 saturated carbocycles. The zero-order valence-electron chi connectivity index (χ0n) is 13.4. The minimum atomic E-state index is -0.633. The van der Waals surface area contributed by atoms with Crippen LogP contribution in [0.2, 0.25) is 5.02 Å². The van der Waals surface area contributed by atoms with Crippen LogP contribution in [0.4, 0.5) is 4.39 Å². The van der Waals surface area contributed by atoms with Gasteiger partial charge in [0.25, 0.3) is 5.56 Å². The van der Waals surface area contributed by atoms with Gasteiger partial charge in [0.1, 0.15) is 10.5 Å². The number of para-hydroxylation sites is 1. The second-order valence-electron chi connectivity index (χ2n) is 5.69. The molecule has 0 aliphatic carbocycles. The lowest BCUT2D eigenvalue weighted by atomic mass is 10.2. The first kappa shape index (κ1) is 16.8. The highest BCUT2D eigenvalue weighted by atomic mass is 35.5. The van der Waals surface area contributed by atoms with E-state index in [9.17, 15) is 14.0 Å². The van der Waals surface area contributed by atoms with Crippen molar-refractivity contribution in [3.05, 3.63) is 97.2 Å². The van der Waals surface area contributed by atoms with E-state index in [-0.39, 0.29) is 12.2 Å². The lowest BCUT2D eigenvalue weighted by Crippen LogP contribution is -2.39. The number of rotatable bonds is 3. The van der Waals surface area contributed by atoms with Gasteiger partial charge in [0.15, 0.2) is 0 Å². The van der Waals surface area contributed by atoms with Crippen LogP contribution in [-0.4, -0.2) is 9.13 Å². The SMILES string of the molecule is O=c1c2sccc2n(Cc2ccccc2Cl)c(=O)n1-c1ccccc1F. The van der Waals surface area contributed by atoms with Crippen LogP contribution in [0, 0.1) is 5.82 Å². The van der Waals surface area contributed by atoms with Crippen LogP contribution in [0.25, 0.3) is 15.9 Å². The smallest absolute Gasteiger partial charge is 0.288 e. The van der Waals surface area contributed by atoms with Crippen LogP contribution in [0.1, 0.15) is 5.56 Å². The maximum atomic E-state index is 14.3. The molecule has 0 spiro atoms. The van der Waals surface area contributed by atoms with Gasteiger partial charge in [-0.25, -0.2) is 13.8 Å². The van der Waals surface area contributed by atoms with Crippen molar-refractivity contribution in [3.63, 3.8) is 0 Å². The highest BCUT2D eigenvalue weighted by molar-refractivity contribution is 7.17. The first-order chi connectivity index (χ1) is 12.6. The second-order valence-corrected chi connectivity index (χ2v) is 7.01. The predicted molar refractivity (Wildman–Crippen MR) is 102 cm³/mol. The molecule has 0 bridgehead atoms. The molecule has 0 aliphatic rings. The predicted octanol–water partition coefficient (Wildman–Crippen LogP) is 4.05. The van der Waals surface area contributed by atoms with Crippen molar-refractivity contribution in [2.24, 2.45) is 0 Å². The lowest BCUT2D eigenvalue weighted by molar-refractivity contribution is 0.607. The Morgan fingerprint density at radius 1 is 1.00 bits per heavy atom. The number of aromatic nitrogens is 2. The van der Waals surface area contributed by atoms with E-state index in [0.717, 1.165) is 10.1 Å². The van der Waals surface area contributed by atoms with Crippen molar-refractivity contribution in [1.29, 1.82) is 0 Å². The Balaban J connectivity index is 2.04. The van der Waals surface area contributed by atoms with Gasteiger partial charge in [0, 0.05) is 5.02 Å². The number of nitrogens with zero attached hydrogens (tertiary/aromatic N) is 2. The number of fused-ring (bicyclic) bond motifs is 1. The van der Waals surface area contributed by atoms with Gasteiger partial charge in [-0.3, -0.25) is 9.36 Å². The molecular formula is C19H12ClFN2O2S. The summed E-state index contributed by atoms with van der Waals surface area (Å²) in [6.45, 7) is 0.181. The van der Waals surface area contributed by atoms with Crippen LogP contribution < -0.4 is 11.2 Å². The molecule has 4 rings (SSSR count). The van der Waals surface area contributed by atoms with Gasteiger partial charge in [-0.05, 0) is 35.2 Å². The highest BCUT2D eigenvalue weighted by Crippen LogP contribution is 2.21. The fourth-order valence-corrected chi connectivity index (χ4v) is 3.90. The molecular weight excluding hydrogens is 375 g/mol. The lowest BCUT2D eigenvalue weighted by Gasteiger charge is -2.13. The van der Waals surface area contributed by atoms with Crippen LogP contribution in [0.5, 0.6) is 0 Å². The molecule has 0 unspecified atom stereocenters. The molecule has 0 saturated heterocycles. The quantitative estimate of drug-likeness (QED) is 0.533. The molecule has 2 aromatic carbocycles. The summed E-state index contributed by atoms with van der Waals surface area (Å²) >= 11 is 7.44. The van der Waals surface area contributed by atoms with Gasteiger partial charge in [-0.2, -0.15) is 0 Å². The maximum absolute atomic E-state index is 14.3. The Kier molecular flexibility index (Phi) is 4.22. The summed E-state index contributed by atoms with van der Waals surface area (Å²) in [4.78, 5) is 25.9. The van der Waals surface area contributed by atoms with E-state index >= 15 is 0 Å². The Morgan fingerprint density at radius 2 is 1.73 bits per heavy atom. The van der Waals surface area contributed by atoms with Crippen LogP contribution >= 0.6 is 22.9 Å². The molecule has 2 aromatic heterocycles. The molecule has 0 radical (unpaired) electrons. The van der Waals surface area contributed by atoms with E-state index in [1.807, 2.05) is 12.1 Å². The normalized spacial score (nSPS) is 11.2. The number of benzene rings is 2. The van der Waals surface area contributed by atoms with Gasteiger partial charge >= 0.3 is 5.69 Å². The molecule has 26 heavy (non-hydrogen) atoms. The molecule has 4 aromatic rings. The van der Waals surface area contributed by atoms with E-state index in [2.05, 4.69) is 0 Å². The summed E-state index contributed by atoms with van der Waals surface area (Å²) in [6, 6.07) is 14.6. The van der Waals surface area contributed by atoms with Crippen molar-refractivity contribution in [2.75, 3.05) is 0 Å². The average Bonchev–Trinajstić information content (AvgIpc) is 3.12. The summed E-state index contributed by atoms with van der Waals surface area (Å²) in [5, 5.41) is 2.26. The summed E-state index contributed by atoms with van der Waals surface area (Å²) in [5.74, 6) is -0.633. The molecule has 0 atom stereocenters. The molecule has 7 heteroatoms. The Hall–Kier alpha value is -2.70. The van der Waals surface area contributed by atoms with Crippen LogP contribution in [-0.2, 0) is 6.54 Å². The van der Waals surface area contributed by atoms with Gasteiger partial charge in [-0.15, -0.1) is 11.3 Å². The van der Waals surface area contributed by atoms with Gasteiger partial charge in [-0.1, -0.05) is 41.9 Å². The Labute approximate surface area is 156 Å².